The molecule has 2 nitrogen and oxygen atoms in total. The van der Waals surface area contributed by atoms with Crippen LogP contribution in [0.2, 0.25) is 0 Å². The molecule has 0 spiro atoms. The summed E-state index contributed by atoms with van der Waals surface area (Å²) in [6.07, 6.45) is 5.98. The Morgan fingerprint density at radius 2 is 2.00 bits per heavy atom. The average molecular weight is 176 g/mol. The van der Waals surface area contributed by atoms with Crippen LogP contribution >= 0.6 is 0 Å². The van der Waals surface area contributed by atoms with Crippen molar-refractivity contribution >= 4 is 5.97 Å². The van der Waals surface area contributed by atoms with Crippen LogP contribution in [0.5, 0.6) is 0 Å². The van der Waals surface area contributed by atoms with Gasteiger partial charge in [-0.1, -0.05) is 18.2 Å². The summed E-state index contributed by atoms with van der Waals surface area (Å²) in [5, 5.41) is 8.02. The zero-order valence-corrected chi connectivity index (χ0v) is 11.8. The quantitative estimate of drug-likeness (QED) is 0.261. The zero-order chi connectivity index (χ0) is 6.41. The third-order valence-corrected chi connectivity index (χ3v) is 0.542. The summed E-state index contributed by atoms with van der Waals surface area (Å²) in [4.78, 5) is 9.75. The topological polar surface area (TPSA) is 37.3 Å². The minimum absolute atomic E-state index is 0. The molecule has 0 aromatic heterocycles. The molecule has 10 heavy (non-hydrogen) atoms. The molecule has 1 N–H and O–H groups in total. The summed E-state index contributed by atoms with van der Waals surface area (Å²) in [7, 11) is 0. The SMILES string of the molecule is CC=CC=CC(=O)O.[H-].[H-].[K+].[Na+]. The molecule has 0 rings (SSSR count). The third kappa shape index (κ3) is 16.3. The average Bonchev–Trinajstić information content (AvgIpc) is 1.66. The second kappa shape index (κ2) is 13.2. The fourth-order valence-corrected chi connectivity index (χ4v) is 0.249. The number of carboxylic acid groups (broad SMARTS) is 1. The van der Waals surface area contributed by atoms with Gasteiger partial charge in [-0.15, -0.1) is 0 Å². The number of hydrogen-bond donors (Lipinski definition) is 1. The van der Waals surface area contributed by atoms with Crippen molar-refractivity contribution in [2.24, 2.45) is 0 Å². The molecule has 0 saturated carbocycles. The maximum atomic E-state index is 9.75. The van der Waals surface area contributed by atoms with Crippen molar-refractivity contribution in [3.63, 3.8) is 0 Å². The van der Waals surface area contributed by atoms with Gasteiger partial charge in [0.25, 0.3) is 0 Å². The molecule has 0 aliphatic carbocycles. The van der Waals surface area contributed by atoms with E-state index in [0.717, 1.165) is 6.08 Å². The van der Waals surface area contributed by atoms with Gasteiger partial charge in [0.15, 0.2) is 0 Å². The Hall–Kier alpha value is 1.59. The molecule has 0 fully saturated rings. The van der Waals surface area contributed by atoms with Gasteiger partial charge in [0.2, 0.25) is 0 Å². The minimum Gasteiger partial charge on any atom is -1.00 e. The van der Waals surface area contributed by atoms with Gasteiger partial charge in [-0.3, -0.25) is 0 Å². The van der Waals surface area contributed by atoms with E-state index in [0.29, 0.717) is 0 Å². The molecule has 0 radical (unpaired) electrons. The Balaban J connectivity index is -0.0000000408. The van der Waals surface area contributed by atoms with Crippen LogP contribution in [0.3, 0.4) is 0 Å². The van der Waals surface area contributed by atoms with Crippen molar-refractivity contribution in [1.29, 1.82) is 0 Å². The maximum Gasteiger partial charge on any atom is 1.00 e. The largest absolute Gasteiger partial charge is 1.00 e. The summed E-state index contributed by atoms with van der Waals surface area (Å²) in [5.74, 6) is -0.914. The fourth-order valence-electron chi connectivity index (χ4n) is 0.249. The Kier molecular flexibility index (Phi) is 23.2. The molecule has 0 heterocycles. The molecular weight excluding hydrogens is 166 g/mol. The van der Waals surface area contributed by atoms with Gasteiger partial charge in [0.05, 0.1) is 0 Å². The monoisotopic (exact) mass is 176 g/mol. The fraction of sp³-hybridized carbons (Fsp3) is 0.167. The standard InChI is InChI=1S/C6H8O2.K.Na.2H/c1-2-3-4-5-6(7)8;;;;/h2-5H,1H3,(H,7,8);;;;/q;2*+1;2*-1. The van der Waals surface area contributed by atoms with Gasteiger partial charge < -0.3 is 7.96 Å². The molecule has 0 atom stereocenters. The summed E-state index contributed by atoms with van der Waals surface area (Å²) in [6.45, 7) is 1.83. The second-order valence-electron chi connectivity index (χ2n) is 1.22. The van der Waals surface area contributed by atoms with E-state index in [1.54, 1.807) is 12.2 Å². The second-order valence-corrected chi connectivity index (χ2v) is 1.22. The predicted molar refractivity (Wildman–Crippen MR) is 33.8 cm³/mol. The van der Waals surface area contributed by atoms with E-state index >= 15 is 0 Å². The van der Waals surface area contributed by atoms with Crippen LogP contribution in [-0.2, 0) is 4.79 Å². The maximum absolute atomic E-state index is 9.75. The first-order chi connectivity index (χ1) is 3.77. The van der Waals surface area contributed by atoms with Crippen molar-refractivity contribution in [2.75, 3.05) is 0 Å². The van der Waals surface area contributed by atoms with Gasteiger partial charge in [0, 0.05) is 6.08 Å². The molecular formula is C6H10KNaO2. The Morgan fingerprint density at radius 3 is 2.30 bits per heavy atom. The van der Waals surface area contributed by atoms with Gasteiger partial charge >= 0.3 is 86.9 Å². The van der Waals surface area contributed by atoms with E-state index in [1.165, 1.54) is 6.08 Å². The zero-order valence-electron chi connectivity index (χ0n) is 8.66. The normalized spacial score (nSPS) is 8.90. The van der Waals surface area contributed by atoms with Gasteiger partial charge in [-0.05, 0) is 6.92 Å². The summed E-state index contributed by atoms with van der Waals surface area (Å²) >= 11 is 0. The van der Waals surface area contributed by atoms with Crippen LogP contribution in [0.15, 0.2) is 24.3 Å². The van der Waals surface area contributed by atoms with Crippen LogP contribution in [0.4, 0.5) is 0 Å². The van der Waals surface area contributed by atoms with Crippen LogP contribution in [0.25, 0.3) is 0 Å². The van der Waals surface area contributed by atoms with Crippen molar-refractivity contribution in [2.45, 2.75) is 6.92 Å². The van der Waals surface area contributed by atoms with E-state index in [1.807, 2.05) is 6.92 Å². The van der Waals surface area contributed by atoms with Gasteiger partial charge in [-0.2, -0.15) is 0 Å². The van der Waals surface area contributed by atoms with Gasteiger partial charge in [0.1, 0.15) is 0 Å². The van der Waals surface area contributed by atoms with Crippen molar-refractivity contribution in [3.8, 4) is 0 Å². The number of hydrogen-bond acceptors (Lipinski definition) is 1. The summed E-state index contributed by atoms with van der Waals surface area (Å²) < 4.78 is 0. The first-order valence-electron chi connectivity index (χ1n) is 2.29. The van der Waals surface area contributed by atoms with Crippen LogP contribution in [0.1, 0.15) is 9.78 Å². The van der Waals surface area contributed by atoms with E-state index in [9.17, 15) is 4.79 Å². The Bertz CT molecular complexity index is 140. The molecule has 0 aliphatic rings. The first kappa shape index (κ1) is 17.6. The van der Waals surface area contributed by atoms with E-state index in [4.69, 9.17) is 5.11 Å². The summed E-state index contributed by atoms with van der Waals surface area (Å²) in [6, 6.07) is 0. The number of carboxylic acids is 1. The van der Waals surface area contributed by atoms with E-state index in [2.05, 4.69) is 0 Å². The van der Waals surface area contributed by atoms with Crippen LogP contribution < -0.4 is 80.9 Å². The van der Waals surface area contributed by atoms with Crippen LogP contribution in [0, 0.1) is 0 Å². The summed E-state index contributed by atoms with van der Waals surface area (Å²) in [5.41, 5.74) is 0. The van der Waals surface area contributed by atoms with Crippen molar-refractivity contribution < 1.29 is 93.7 Å². The van der Waals surface area contributed by atoms with Crippen LogP contribution in [-0.4, -0.2) is 11.1 Å². The number of rotatable bonds is 2. The van der Waals surface area contributed by atoms with E-state index in [-0.39, 0.29) is 83.8 Å². The van der Waals surface area contributed by atoms with Gasteiger partial charge in [-0.25, -0.2) is 4.79 Å². The number of aliphatic carboxylic acids is 1. The molecule has 0 aromatic rings. The minimum atomic E-state index is -0.914. The van der Waals surface area contributed by atoms with E-state index < -0.39 is 5.97 Å². The third-order valence-electron chi connectivity index (χ3n) is 0.542. The molecule has 0 aromatic carbocycles. The number of allylic oxidation sites excluding steroid dienone is 3. The molecule has 4 heteroatoms. The Labute approximate surface area is 128 Å². The Morgan fingerprint density at radius 1 is 1.50 bits per heavy atom. The molecule has 0 amide bonds. The number of carbonyl (C=O) groups is 1. The molecule has 48 valence electrons. The molecule has 0 aliphatic heterocycles. The molecule has 0 bridgehead atoms. The smallest absolute Gasteiger partial charge is 1.00 e. The predicted octanol–water partition coefficient (Wildman–Crippen LogP) is -4.56. The van der Waals surface area contributed by atoms with Crippen molar-refractivity contribution in [1.82, 2.24) is 0 Å². The van der Waals surface area contributed by atoms with Crippen molar-refractivity contribution in [3.05, 3.63) is 24.3 Å². The molecule has 0 unspecified atom stereocenters. The first-order valence-corrected chi connectivity index (χ1v) is 2.29. The molecule has 0 saturated heterocycles.